The van der Waals surface area contributed by atoms with E-state index < -0.39 is 37.0 Å². The fourth-order valence-electron chi connectivity index (χ4n) is 6.92. The Morgan fingerprint density at radius 2 is 2.07 bits per heavy atom. The predicted molar refractivity (Wildman–Crippen MR) is 171 cm³/mol. The number of nitrogens with two attached hydrogens (primary N) is 1. The smallest absolute Gasteiger partial charge is 0.325 e. The van der Waals surface area contributed by atoms with Crippen molar-refractivity contribution in [2.24, 2.45) is 5.73 Å². The highest BCUT2D eigenvalue weighted by Gasteiger charge is 2.38. The number of halogens is 2. The van der Waals surface area contributed by atoms with Crippen LogP contribution in [0.2, 0.25) is 0 Å². The monoisotopic (exact) mass is 636 g/mol. The average molecular weight is 637 g/mol. The molecule has 1 amide bonds. The van der Waals surface area contributed by atoms with Crippen molar-refractivity contribution in [1.82, 2.24) is 24.9 Å². The number of carbonyl (C=O) groups excluding carboxylic acids is 2. The molecule has 3 aromatic rings. The Bertz CT molecular complexity index is 1660. The summed E-state index contributed by atoms with van der Waals surface area (Å²) in [7, 11) is 1.59. The van der Waals surface area contributed by atoms with Gasteiger partial charge in [-0.05, 0) is 74.1 Å². The summed E-state index contributed by atoms with van der Waals surface area (Å²) < 4.78 is 45.0. The van der Waals surface area contributed by atoms with Crippen molar-refractivity contribution in [3.05, 3.63) is 59.4 Å². The zero-order valence-electron chi connectivity index (χ0n) is 26.6. The third kappa shape index (κ3) is 6.31. The number of esters is 1. The van der Waals surface area contributed by atoms with Gasteiger partial charge in [-0.2, -0.15) is 0 Å². The van der Waals surface area contributed by atoms with Crippen LogP contribution >= 0.6 is 0 Å². The van der Waals surface area contributed by atoms with Crippen LogP contribution < -0.4 is 11.2 Å². The van der Waals surface area contributed by atoms with Crippen molar-refractivity contribution in [1.29, 1.82) is 0 Å². The molecular formula is C34H42F2N6O4. The van der Waals surface area contributed by atoms with Gasteiger partial charge in [-0.1, -0.05) is 12.1 Å². The Kier molecular flexibility index (Phi) is 9.24. The van der Waals surface area contributed by atoms with Crippen LogP contribution in [-0.4, -0.2) is 89.2 Å². The summed E-state index contributed by atoms with van der Waals surface area (Å²) in [6.07, 6.45) is 4.47. The van der Waals surface area contributed by atoms with Gasteiger partial charge in [0.2, 0.25) is 0 Å². The van der Waals surface area contributed by atoms with Gasteiger partial charge in [0.1, 0.15) is 6.04 Å². The van der Waals surface area contributed by atoms with E-state index >= 15 is 8.78 Å². The first-order valence-electron chi connectivity index (χ1n) is 16.0. The number of cyclic esters (lactones) is 1. The van der Waals surface area contributed by atoms with E-state index in [1.165, 1.54) is 5.01 Å². The van der Waals surface area contributed by atoms with Gasteiger partial charge in [-0.25, -0.2) is 14.2 Å². The summed E-state index contributed by atoms with van der Waals surface area (Å²) in [4.78, 5) is 33.0. The number of fused-ring (bicyclic) bond motifs is 6. The molecule has 1 unspecified atom stereocenters. The Labute approximate surface area is 267 Å². The maximum Gasteiger partial charge on any atom is 0.325 e. The van der Waals surface area contributed by atoms with E-state index in [1.807, 2.05) is 38.1 Å². The predicted octanol–water partition coefficient (Wildman–Crippen LogP) is 4.08. The van der Waals surface area contributed by atoms with Gasteiger partial charge in [0.15, 0.2) is 6.61 Å². The number of hydrogen-bond donors (Lipinski definition) is 2. The molecule has 12 heteroatoms. The first-order valence-corrected chi connectivity index (χ1v) is 16.0. The molecule has 0 aliphatic carbocycles. The van der Waals surface area contributed by atoms with E-state index in [0.29, 0.717) is 61.4 Å². The number of amides is 1. The summed E-state index contributed by atoms with van der Waals surface area (Å²) in [6.45, 7) is 5.34. The zero-order chi connectivity index (χ0) is 32.6. The van der Waals surface area contributed by atoms with Crippen LogP contribution in [0.1, 0.15) is 56.0 Å². The Balaban J connectivity index is 1.50. The second kappa shape index (κ2) is 13.2. The fourth-order valence-corrected chi connectivity index (χ4v) is 6.92. The summed E-state index contributed by atoms with van der Waals surface area (Å²) in [6, 6.07) is 7.97. The second-order valence-electron chi connectivity index (χ2n) is 12.4. The van der Waals surface area contributed by atoms with Crippen molar-refractivity contribution in [2.45, 2.75) is 70.2 Å². The number of nitrogens with zero attached hydrogens (tertiary/aromatic N) is 4. The van der Waals surface area contributed by atoms with Crippen LogP contribution in [0.4, 0.5) is 8.78 Å². The molecule has 46 heavy (non-hydrogen) atoms. The summed E-state index contributed by atoms with van der Waals surface area (Å²) >= 11 is 0. The average Bonchev–Trinajstić information content (AvgIpc) is 3.37. The van der Waals surface area contributed by atoms with Gasteiger partial charge in [0.25, 0.3) is 11.8 Å². The second-order valence-corrected chi connectivity index (χ2v) is 12.4. The highest BCUT2D eigenvalue weighted by molar-refractivity contribution is 5.95. The minimum absolute atomic E-state index is 0.336. The third-order valence-corrected chi connectivity index (χ3v) is 9.29. The van der Waals surface area contributed by atoms with Crippen molar-refractivity contribution < 1.29 is 27.8 Å². The lowest BCUT2D eigenvalue weighted by Crippen LogP contribution is -2.60. The Morgan fingerprint density at radius 3 is 2.85 bits per heavy atom. The number of ether oxygens (including phenoxy) is 2. The SMILES string of the molecule is CCn1c(-c2cccnc2[C@H](C)OC)c2c3cc(ccc31)C1=CCCN(C1)C[C@H](N)C(=O)N1CCC[C@H](N1)C(=O)OCC(F)(F)C2. The van der Waals surface area contributed by atoms with E-state index in [0.717, 1.165) is 35.2 Å². The number of aromatic nitrogens is 2. The number of methoxy groups -OCH3 is 1. The zero-order valence-corrected chi connectivity index (χ0v) is 26.6. The lowest BCUT2D eigenvalue weighted by atomic mass is 9.94. The molecule has 1 aromatic carbocycles. The van der Waals surface area contributed by atoms with Gasteiger partial charge in [0, 0.05) is 68.9 Å². The van der Waals surface area contributed by atoms with E-state index in [9.17, 15) is 9.59 Å². The number of hydrogen-bond acceptors (Lipinski definition) is 8. The highest BCUT2D eigenvalue weighted by Crippen LogP contribution is 2.41. The molecule has 6 rings (SSSR count). The number of benzene rings is 1. The van der Waals surface area contributed by atoms with Crippen molar-refractivity contribution >= 4 is 28.4 Å². The summed E-state index contributed by atoms with van der Waals surface area (Å²) in [5.41, 5.74) is 14.6. The van der Waals surface area contributed by atoms with Gasteiger partial charge in [0.05, 0.1) is 23.5 Å². The van der Waals surface area contributed by atoms with Crippen LogP contribution in [0.5, 0.6) is 0 Å². The van der Waals surface area contributed by atoms with Crippen LogP contribution in [0.25, 0.3) is 27.7 Å². The van der Waals surface area contributed by atoms with Crippen LogP contribution in [-0.2, 0) is 32.0 Å². The standard InChI is InChI=1S/C34H42F2N6O4/c1-4-41-29-12-11-22-16-25(29)26(31(41)24-9-5-13-38-30(24)21(2)45-3)17-34(35,36)20-46-33(44)28-10-7-15-42(39-28)32(43)27(37)19-40-14-6-8-23(22)18-40/h5,8-9,11-13,16,21,27-28,39H,4,6-7,10,14-15,17-20,37H2,1-3H3/t21-,27-,28-/m0/s1. The molecule has 10 nitrogen and oxygen atoms in total. The third-order valence-electron chi connectivity index (χ3n) is 9.29. The maximum atomic E-state index is 16.0. The van der Waals surface area contributed by atoms with Gasteiger partial charge in [-0.3, -0.25) is 24.5 Å². The quantitative estimate of drug-likeness (QED) is 0.412. The molecule has 6 bridgehead atoms. The molecule has 246 valence electrons. The number of hydrazine groups is 1. The molecule has 3 aliphatic rings. The molecule has 0 radical (unpaired) electrons. The number of rotatable bonds is 4. The van der Waals surface area contributed by atoms with Crippen LogP contribution in [0.15, 0.2) is 42.6 Å². The summed E-state index contributed by atoms with van der Waals surface area (Å²) in [5.74, 6) is -4.54. The molecule has 5 heterocycles. The minimum Gasteiger partial charge on any atom is -0.458 e. The first-order chi connectivity index (χ1) is 22.1. The molecule has 0 spiro atoms. The fraction of sp³-hybridized carbons (Fsp3) is 0.500. The minimum atomic E-state index is -3.39. The molecule has 2 aromatic heterocycles. The normalized spacial score (nSPS) is 24.7. The van der Waals surface area contributed by atoms with Gasteiger partial charge in [-0.15, -0.1) is 0 Å². The van der Waals surface area contributed by atoms with Gasteiger partial charge >= 0.3 is 5.97 Å². The maximum absolute atomic E-state index is 16.0. The van der Waals surface area contributed by atoms with Crippen LogP contribution in [0, 0.1) is 0 Å². The molecule has 1 saturated heterocycles. The first kappa shape index (κ1) is 32.2. The molecule has 3 aliphatic heterocycles. The van der Waals surface area contributed by atoms with E-state index in [2.05, 4.69) is 26.0 Å². The van der Waals surface area contributed by atoms with Crippen molar-refractivity contribution in [3.63, 3.8) is 0 Å². The summed E-state index contributed by atoms with van der Waals surface area (Å²) in [5, 5.41) is 2.05. The number of alkyl halides is 2. The lowest BCUT2D eigenvalue weighted by molar-refractivity contribution is -0.162. The van der Waals surface area contributed by atoms with Gasteiger partial charge < -0.3 is 19.8 Å². The number of nitrogens with one attached hydrogen (secondary N) is 1. The Morgan fingerprint density at radius 1 is 1.24 bits per heavy atom. The van der Waals surface area contributed by atoms with E-state index in [1.54, 1.807) is 19.4 Å². The number of carbonyl (C=O) groups is 2. The van der Waals surface area contributed by atoms with Crippen LogP contribution in [0.3, 0.4) is 0 Å². The van der Waals surface area contributed by atoms with E-state index in [-0.39, 0.29) is 12.0 Å². The molecule has 4 atom stereocenters. The molecule has 1 fully saturated rings. The van der Waals surface area contributed by atoms with E-state index in [4.69, 9.17) is 15.2 Å². The Hall–Kier alpha value is -3.71. The topological polar surface area (TPSA) is 115 Å². The van der Waals surface area contributed by atoms with Crippen molar-refractivity contribution in [2.75, 3.05) is 39.9 Å². The molecular weight excluding hydrogens is 594 g/mol. The molecule has 3 N–H and O–H groups in total. The number of aryl methyl sites for hydroxylation is 1. The highest BCUT2D eigenvalue weighted by atomic mass is 19.3. The lowest BCUT2D eigenvalue weighted by Gasteiger charge is -2.36. The largest absolute Gasteiger partial charge is 0.458 e. The molecule has 0 saturated carbocycles. The number of pyridine rings is 1. The van der Waals surface area contributed by atoms with Crippen molar-refractivity contribution in [3.8, 4) is 11.3 Å².